The molecule has 1 aliphatic heterocycles. The molecule has 19 heavy (non-hydrogen) atoms. The molecule has 0 saturated carbocycles. The lowest BCUT2D eigenvalue weighted by atomic mass is 10.1. The summed E-state index contributed by atoms with van der Waals surface area (Å²) in [6, 6.07) is 8.97. The summed E-state index contributed by atoms with van der Waals surface area (Å²) in [6.07, 6.45) is 3.27. The number of pyridine rings is 1. The van der Waals surface area contributed by atoms with Crippen molar-refractivity contribution in [2.75, 3.05) is 23.8 Å². The van der Waals surface area contributed by atoms with E-state index in [9.17, 15) is 4.79 Å². The highest BCUT2D eigenvalue weighted by Gasteiger charge is 2.18. The van der Waals surface area contributed by atoms with Crippen molar-refractivity contribution in [2.45, 2.75) is 0 Å². The minimum atomic E-state index is -0.188. The summed E-state index contributed by atoms with van der Waals surface area (Å²) in [4.78, 5) is 16.2. The monoisotopic (exact) mass is 255 g/mol. The lowest BCUT2D eigenvalue weighted by Gasteiger charge is -2.21. The summed E-state index contributed by atoms with van der Waals surface area (Å²) < 4.78 is 5.58. The number of fused-ring (bicyclic) bond motifs is 1. The van der Waals surface area contributed by atoms with Crippen molar-refractivity contribution >= 4 is 17.3 Å². The molecular formula is C14H13N3O2. The maximum absolute atomic E-state index is 12.2. The summed E-state index contributed by atoms with van der Waals surface area (Å²) in [5, 5.41) is 6.03. The van der Waals surface area contributed by atoms with Crippen molar-refractivity contribution in [1.29, 1.82) is 0 Å². The number of carbonyl (C=O) groups is 1. The number of para-hydroxylation sites is 1. The van der Waals surface area contributed by atoms with Crippen LogP contribution in [0.3, 0.4) is 0 Å². The van der Waals surface area contributed by atoms with Crippen molar-refractivity contribution in [3.63, 3.8) is 0 Å². The number of rotatable bonds is 2. The summed E-state index contributed by atoms with van der Waals surface area (Å²) >= 11 is 0. The number of nitrogens with one attached hydrogen (secondary N) is 2. The third-order valence-electron chi connectivity index (χ3n) is 2.86. The number of ether oxygens (including phenoxy) is 1. The van der Waals surface area contributed by atoms with Crippen molar-refractivity contribution in [3.8, 4) is 5.75 Å². The minimum absolute atomic E-state index is 0.188. The lowest BCUT2D eigenvalue weighted by Crippen LogP contribution is -2.21. The first-order valence-electron chi connectivity index (χ1n) is 6.05. The van der Waals surface area contributed by atoms with Gasteiger partial charge in [0.1, 0.15) is 6.61 Å². The molecule has 2 aromatic rings. The van der Waals surface area contributed by atoms with E-state index in [1.165, 1.54) is 0 Å². The Morgan fingerprint density at radius 1 is 1.26 bits per heavy atom. The molecule has 1 aromatic carbocycles. The second kappa shape index (κ2) is 4.97. The number of carbonyl (C=O) groups excluding carboxylic acids is 1. The minimum Gasteiger partial charge on any atom is -0.489 e. The van der Waals surface area contributed by atoms with Gasteiger partial charge in [0, 0.05) is 24.6 Å². The first-order chi connectivity index (χ1) is 9.34. The molecular weight excluding hydrogens is 242 g/mol. The fourth-order valence-corrected chi connectivity index (χ4v) is 1.98. The molecule has 5 nitrogen and oxygen atoms in total. The Morgan fingerprint density at radius 3 is 2.95 bits per heavy atom. The average Bonchev–Trinajstić information content (AvgIpc) is 2.47. The van der Waals surface area contributed by atoms with Gasteiger partial charge < -0.3 is 15.4 Å². The van der Waals surface area contributed by atoms with Crippen molar-refractivity contribution in [2.24, 2.45) is 0 Å². The first-order valence-corrected chi connectivity index (χ1v) is 6.05. The number of nitrogens with zero attached hydrogens (tertiary/aromatic N) is 1. The Hall–Kier alpha value is -2.56. The Kier molecular flexibility index (Phi) is 3.02. The Labute approximate surface area is 110 Å². The fraction of sp³-hybridized carbons (Fsp3) is 0.143. The highest BCUT2D eigenvalue weighted by atomic mass is 16.5. The maximum atomic E-state index is 12.2. The third kappa shape index (κ3) is 2.35. The van der Waals surface area contributed by atoms with Crippen LogP contribution in [0.1, 0.15) is 10.4 Å². The zero-order chi connectivity index (χ0) is 13.1. The van der Waals surface area contributed by atoms with Crippen LogP contribution in [0.5, 0.6) is 5.75 Å². The molecule has 0 saturated heterocycles. The number of hydrogen-bond donors (Lipinski definition) is 2. The van der Waals surface area contributed by atoms with Gasteiger partial charge in [-0.15, -0.1) is 0 Å². The summed E-state index contributed by atoms with van der Waals surface area (Å²) in [5.41, 5.74) is 2.09. The molecule has 0 atom stereocenters. The molecule has 1 aromatic heterocycles. The van der Waals surface area contributed by atoms with E-state index in [-0.39, 0.29) is 5.91 Å². The van der Waals surface area contributed by atoms with Gasteiger partial charge in [-0.1, -0.05) is 6.07 Å². The van der Waals surface area contributed by atoms with E-state index in [4.69, 9.17) is 4.74 Å². The smallest absolute Gasteiger partial charge is 0.259 e. The first kappa shape index (κ1) is 11.5. The number of benzene rings is 1. The predicted molar refractivity (Wildman–Crippen MR) is 72.6 cm³/mol. The van der Waals surface area contributed by atoms with Gasteiger partial charge in [-0.2, -0.15) is 0 Å². The van der Waals surface area contributed by atoms with Crippen LogP contribution < -0.4 is 15.4 Å². The second-order valence-corrected chi connectivity index (χ2v) is 4.15. The maximum Gasteiger partial charge on any atom is 0.259 e. The quantitative estimate of drug-likeness (QED) is 0.863. The molecule has 1 aliphatic rings. The van der Waals surface area contributed by atoms with Crippen LogP contribution in [-0.2, 0) is 0 Å². The normalized spacial score (nSPS) is 12.8. The van der Waals surface area contributed by atoms with E-state index >= 15 is 0 Å². The summed E-state index contributed by atoms with van der Waals surface area (Å²) in [6.45, 7) is 1.31. The number of aromatic nitrogens is 1. The number of hydrogen-bond acceptors (Lipinski definition) is 4. The molecule has 2 heterocycles. The zero-order valence-corrected chi connectivity index (χ0v) is 10.2. The zero-order valence-electron chi connectivity index (χ0n) is 10.2. The summed E-state index contributed by atoms with van der Waals surface area (Å²) in [7, 11) is 0. The summed E-state index contributed by atoms with van der Waals surface area (Å²) in [5.74, 6) is 0.423. The van der Waals surface area contributed by atoms with E-state index in [0.29, 0.717) is 23.6 Å². The Morgan fingerprint density at radius 2 is 2.11 bits per heavy atom. The molecule has 1 amide bonds. The highest BCUT2D eigenvalue weighted by Crippen LogP contribution is 2.31. The molecule has 0 bridgehead atoms. The number of anilines is 2. The fourth-order valence-electron chi connectivity index (χ4n) is 1.98. The third-order valence-corrected chi connectivity index (χ3v) is 2.86. The van der Waals surface area contributed by atoms with Crippen LogP contribution in [0.4, 0.5) is 11.4 Å². The van der Waals surface area contributed by atoms with Gasteiger partial charge in [0.05, 0.1) is 11.3 Å². The topological polar surface area (TPSA) is 63.2 Å². The van der Waals surface area contributed by atoms with Gasteiger partial charge in [0.2, 0.25) is 0 Å². The Balaban J connectivity index is 1.88. The molecule has 2 N–H and O–H groups in total. The molecule has 5 heteroatoms. The number of amides is 1. The van der Waals surface area contributed by atoms with Gasteiger partial charge in [-0.05, 0) is 24.3 Å². The second-order valence-electron chi connectivity index (χ2n) is 4.15. The predicted octanol–water partition coefficient (Wildman–Crippen LogP) is 2.14. The molecule has 3 rings (SSSR count). The van der Waals surface area contributed by atoms with Crippen molar-refractivity contribution in [1.82, 2.24) is 4.98 Å². The molecule has 0 fully saturated rings. The van der Waals surface area contributed by atoms with Gasteiger partial charge in [-0.25, -0.2) is 0 Å². The molecule has 96 valence electrons. The van der Waals surface area contributed by atoms with Crippen LogP contribution in [0.25, 0.3) is 0 Å². The van der Waals surface area contributed by atoms with Crippen LogP contribution in [0.15, 0.2) is 42.7 Å². The van der Waals surface area contributed by atoms with Gasteiger partial charge in [-0.3, -0.25) is 9.78 Å². The largest absolute Gasteiger partial charge is 0.489 e. The van der Waals surface area contributed by atoms with Crippen molar-refractivity contribution < 1.29 is 9.53 Å². The van der Waals surface area contributed by atoms with Crippen LogP contribution in [0.2, 0.25) is 0 Å². The molecule has 0 aliphatic carbocycles. The van der Waals surface area contributed by atoms with Crippen LogP contribution in [-0.4, -0.2) is 24.0 Å². The van der Waals surface area contributed by atoms with E-state index in [1.807, 2.05) is 12.1 Å². The van der Waals surface area contributed by atoms with Gasteiger partial charge in [0.25, 0.3) is 5.91 Å². The molecule has 0 spiro atoms. The van der Waals surface area contributed by atoms with Gasteiger partial charge >= 0.3 is 0 Å². The standard InChI is InChI=1S/C14H13N3O2/c18-14(17-10-4-6-15-7-5-10)11-2-1-3-12-13(11)19-9-8-16-12/h1-7,16H,8-9H2,(H,15,17,18). The Bertz CT molecular complexity index is 599. The lowest BCUT2D eigenvalue weighted by molar-refractivity contribution is 0.102. The van der Waals surface area contributed by atoms with E-state index in [2.05, 4.69) is 15.6 Å². The van der Waals surface area contributed by atoms with E-state index in [1.54, 1.807) is 30.6 Å². The SMILES string of the molecule is O=C(Nc1ccncc1)c1cccc2c1OCCN2. The van der Waals surface area contributed by atoms with Gasteiger partial charge in [0.15, 0.2) is 5.75 Å². The van der Waals surface area contributed by atoms with E-state index in [0.717, 1.165) is 12.2 Å². The van der Waals surface area contributed by atoms with Crippen molar-refractivity contribution in [3.05, 3.63) is 48.3 Å². The van der Waals surface area contributed by atoms with Crippen LogP contribution >= 0.6 is 0 Å². The molecule has 0 radical (unpaired) electrons. The average molecular weight is 255 g/mol. The molecule has 0 unspecified atom stereocenters. The highest BCUT2D eigenvalue weighted by molar-refractivity contribution is 6.07. The van der Waals surface area contributed by atoms with Crippen LogP contribution in [0, 0.1) is 0 Å². The van der Waals surface area contributed by atoms with E-state index < -0.39 is 0 Å².